The maximum atomic E-state index is 12.3. The summed E-state index contributed by atoms with van der Waals surface area (Å²) in [6.45, 7) is 8.46. The van der Waals surface area contributed by atoms with Crippen LogP contribution in [0.3, 0.4) is 0 Å². The molecule has 1 aliphatic rings. The van der Waals surface area contributed by atoms with E-state index in [4.69, 9.17) is 4.74 Å². The van der Waals surface area contributed by atoms with E-state index in [2.05, 4.69) is 36.6 Å². The molecule has 0 bridgehead atoms. The number of hydrogen-bond donors (Lipinski definition) is 2. The molecule has 134 valence electrons. The summed E-state index contributed by atoms with van der Waals surface area (Å²) < 4.78 is 5.64. The molecule has 2 N–H and O–H groups in total. The Labute approximate surface area is 146 Å². The van der Waals surface area contributed by atoms with Crippen molar-refractivity contribution in [2.75, 3.05) is 19.7 Å². The smallest absolute Gasteiger partial charge is 0.220 e. The zero-order valence-corrected chi connectivity index (χ0v) is 15.1. The van der Waals surface area contributed by atoms with E-state index in [-0.39, 0.29) is 5.91 Å². The number of amides is 1. The fourth-order valence-electron chi connectivity index (χ4n) is 3.34. The molecular formula is C20H32N2O2. The Morgan fingerprint density at radius 2 is 2.00 bits per heavy atom. The minimum Gasteiger partial charge on any atom is -0.377 e. The van der Waals surface area contributed by atoms with Gasteiger partial charge in [-0.25, -0.2) is 0 Å². The highest BCUT2D eigenvalue weighted by atomic mass is 16.5. The Morgan fingerprint density at radius 3 is 2.71 bits per heavy atom. The van der Waals surface area contributed by atoms with Gasteiger partial charge in [0.15, 0.2) is 0 Å². The van der Waals surface area contributed by atoms with Crippen LogP contribution in [0.2, 0.25) is 0 Å². The van der Waals surface area contributed by atoms with E-state index >= 15 is 0 Å². The van der Waals surface area contributed by atoms with Crippen molar-refractivity contribution >= 4 is 5.91 Å². The summed E-state index contributed by atoms with van der Waals surface area (Å²) in [6, 6.07) is 8.19. The number of carbonyl (C=O) groups is 1. The fourth-order valence-corrected chi connectivity index (χ4v) is 3.34. The third-order valence-corrected chi connectivity index (χ3v) is 4.90. The highest BCUT2D eigenvalue weighted by molar-refractivity contribution is 5.76. The summed E-state index contributed by atoms with van der Waals surface area (Å²) in [5.74, 6) is 1.28. The molecule has 1 atom stereocenters. The summed E-state index contributed by atoms with van der Waals surface area (Å²) in [5.41, 5.74) is 2.31. The standard InChI is InChI=1S/C20H32N2O2/c1-3-12-24-15-19-7-5-4-6-18(19)14-22-20(23)13-16(2)17-8-10-21-11-9-17/h4-7,16-17,21H,3,8-15H2,1-2H3,(H,22,23). The number of benzene rings is 1. The molecule has 24 heavy (non-hydrogen) atoms. The third-order valence-electron chi connectivity index (χ3n) is 4.90. The molecule has 1 saturated heterocycles. The summed E-state index contributed by atoms with van der Waals surface area (Å²) in [4.78, 5) is 12.3. The Morgan fingerprint density at radius 1 is 1.29 bits per heavy atom. The lowest BCUT2D eigenvalue weighted by molar-refractivity contribution is -0.122. The molecule has 1 heterocycles. The van der Waals surface area contributed by atoms with E-state index in [1.54, 1.807) is 0 Å². The largest absolute Gasteiger partial charge is 0.377 e. The number of nitrogens with one attached hydrogen (secondary N) is 2. The lowest BCUT2D eigenvalue weighted by Gasteiger charge is -2.27. The van der Waals surface area contributed by atoms with E-state index in [0.717, 1.165) is 37.2 Å². The first-order valence-electron chi connectivity index (χ1n) is 9.32. The van der Waals surface area contributed by atoms with Gasteiger partial charge in [0.1, 0.15) is 0 Å². The first-order chi connectivity index (χ1) is 11.7. The first-order valence-corrected chi connectivity index (χ1v) is 9.32. The van der Waals surface area contributed by atoms with Crippen molar-refractivity contribution in [3.8, 4) is 0 Å². The van der Waals surface area contributed by atoms with E-state index in [9.17, 15) is 4.79 Å². The van der Waals surface area contributed by atoms with Crippen LogP contribution < -0.4 is 10.6 Å². The van der Waals surface area contributed by atoms with Crippen molar-refractivity contribution in [3.05, 3.63) is 35.4 Å². The molecule has 0 saturated carbocycles. The monoisotopic (exact) mass is 332 g/mol. The normalized spacial score (nSPS) is 16.8. The van der Waals surface area contributed by atoms with Crippen LogP contribution in [0, 0.1) is 11.8 Å². The zero-order valence-electron chi connectivity index (χ0n) is 15.1. The van der Waals surface area contributed by atoms with Crippen molar-refractivity contribution in [1.29, 1.82) is 0 Å². The lowest BCUT2D eigenvalue weighted by Crippen LogP contribution is -2.33. The van der Waals surface area contributed by atoms with Crippen LogP contribution >= 0.6 is 0 Å². The summed E-state index contributed by atoms with van der Waals surface area (Å²) in [5, 5.41) is 6.47. The van der Waals surface area contributed by atoms with Crippen LogP contribution in [0.4, 0.5) is 0 Å². The molecule has 1 unspecified atom stereocenters. The third kappa shape index (κ3) is 6.25. The second-order valence-corrected chi connectivity index (χ2v) is 6.87. The molecule has 1 aromatic carbocycles. The van der Waals surface area contributed by atoms with E-state index < -0.39 is 0 Å². The minimum atomic E-state index is 0.158. The Balaban J connectivity index is 1.78. The van der Waals surface area contributed by atoms with Gasteiger partial charge in [-0.3, -0.25) is 4.79 Å². The Kier molecular flexibility index (Phi) is 8.26. The molecule has 0 spiro atoms. The second-order valence-electron chi connectivity index (χ2n) is 6.87. The summed E-state index contributed by atoms with van der Waals surface area (Å²) in [7, 11) is 0. The van der Waals surface area contributed by atoms with Gasteiger partial charge in [-0.05, 0) is 55.3 Å². The average Bonchev–Trinajstić information content (AvgIpc) is 2.62. The van der Waals surface area contributed by atoms with Crippen molar-refractivity contribution in [2.45, 2.75) is 52.7 Å². The second kappa shape index (κ2) is 10.5. The maximum Gasteiger partial charge on any atom is 0.220 e. The van der Waals surface area contributed by atoms with Crippen molar-refractivity contribution < 1.29 is 9.53 Å². The number of carbonyl (C=O) groups excluding carboxylic acids is 1. The van der Waals surface area contributed by atoms with Crippen LogP contribution in [0.15, 0.2) is 24.3 Å². The maximum absolute atomic E-state index is 12.3. The van der Waals surface area contributed by atoms with Crippen LogP contribution in [0.5, 0.6) is 0 Å². The molecule has 0 radical (unpaired) electrons. The molecule has 1 fully saturated rings. The van der Waals surface area contributed by atoms with Crippen LogP contribution in [-0.4, -0.2) is 25.6 Å². The van der Waals surface area contributed by atoms with Gasteiger partial charge < -0.3 is 15.4 Å². The van der Waals surface area contributed by atoms with Crippen molar-refractivity contribution in [1.82, 2.24) is 10.6 Å². The molecular weight excluding hydrogens is 300 g/mol. The Hall–Kier alpha value is -1.39. The quantitative estimate of drug-likeness (QED) is 0.683. The van der Waals surface area contributed by atoms with Gasteiger partial charge >= 0.3 is 0 Å². The Bertz CT molecular complexity index is 498. The van der Waals surface area contributed by atoms with Gasteiger partial charge in [0.25, 0.3) is 0 Å². The van der Waals surface area contributed by atoms with Crippen molar-refractivity contribution in [3.63, 3.8) is 0 Å². The number of ether oxygens (including phenoxy) is 1. The molecule has 1 aromatic rings. The summed E-state index contributed by atoms with van der Waals surface area (Å²) in [6.07, 6.45) is 4.02. The molecule has 0 aromatic heterocycles. The fraction of sp³-hybridized carbons (Fsp3) is 0.650. The molecule has 0 aliphatic carbocycles. The predicted molar refractivity (Wildman–Crippen MR) is 97.6 cm³/mol. The molecule has 4 nitrogen and oxygen atoms in total. The first kappa shape index (κ1) is 18.9. The van der Waals surface area contributed by atoms with Gasteiger partial charge in [0.05, 0.1) is 6.61 Å². The lowest BCUT2D eigenvalue weighted by atomic mass is 9.84. The molecule has 4 heteroatoms. The zero-order chi connectivity index (χ0) is 17.2. The van der Waals surface area contributed by atoms with E-state index in [0.29, 0.717) is 31.4 Å². The molecule has 1 aliphatic heterocycles. The van der Waals surface area contributed by atoms with Gasteiger partial charge in [-0.15, -0.1) is 0 Å². The highest BCUT2D eigenvalue weighted by Crippen LogP contribution is 2.24. The van der Waals surface area contributed by atoms with Crippen LogP contribution in [-0.2, 0) is 22.7 Å². The predicted octanol–water partition coefficient (Wildman–Crippen LogP) is 3.26. The van der Waals surface area contributed by atoms with Gasteiger partial charge in [-0.1, -0.05) is 38.1 Å². The van der Waals surface area contributed by atoms with E-state index in [1.165, 1.54) is 12.8 Å². The SMILES string of the molecule is CCCOCc1ccccc1CNC(=O)CC(C)C1CCNCC1. The van der Waals surface area contributed by atoms with Crippen LogP contribution in [0.1, 0.15) is 50.7 Å². The van der Waals surface area contributed by atoms with Gasteiger partial charge in [-0.2, -0.15) is 0 Å². The average molecular weight is 332 g/mol. The van der Waals surface area contributed by atoms with Gasteiger partial charge in [0, 0.05) is 19.6 Å². The topological polar surface area (TPSA) is 50.4 Å². The minimum absolute atomic E-state index is 0.158. The van der Waals surface area contributed by atoms with E-state index in [1.807, 2.05) is 12.1 Å². The highest BCUT2D eigenvalue weighted by Gasteiger charge is 2.21. The number of rotatable bonds is 9. The van der Waals surface area contributed by atoms with Crippen LogP contribution in [0.25, 0.3) is 0 Å². The number of hydrogen-bond acceptors (Lipinski definition) is 3. The molecule has 2 rings (SSSR count). The van der Waals surface area contributed by atoms with Gasteiger partial charge in [0.2, 0.25) is 5.91 Å². The number of piperidine rings is 1. The molecule has 1 amide bonds. The summed E-state index contributed by atoms with van der Waals surface area (Å²) >= 11 is 0. The van der Waals surface area contributed by atoms with Crippen molar-refractivity contribution in [2.24, 2.45) is 11.8 Å².